The van der Waals surface area contributed by atoms with Gasteiger partial charge in [-0.3, -0.25) is 4.79 Å². The zero-order chi connectivity index (χ0) is 20.7. The predicted molar refractivity (Wildman–Crippen MR) is 113 cm³/mol. The number of ether oxygens (including phenoxy) is 1. The van der Waals surface area contributed by atoms with Crippen molar-refractivity contribution in [3.05, 3.63) is 35.7 Å². The van der Waals surface area contributed by atoms with Crippen molar-refractivity contribution >= 4 is 28.5 Å². The Labute approximate surface area is 170 Å². The molecule has 28 heavy (non-hydrogen) atoms. The summed E-state index contributed by atoms with van der Waals surface area (Å²) in [6.45, 7) is 9.52. The lowest BCUT2D eigenvalue weighted by atomic mass is 10.0. The highest BCUT2D eigenvalue weighted by atomic mass is 32.1. The van der Waals surface area contributed by atoms with Crippen LogP contribution >= 0.6 is 11.3 Å². The van der Waals surface area contributed by atoms with E-state index < -0.39 is 17.7 Å². The van der Waals surface area contributed by atoms with Crippen molar-refractivity contribution < 1.29 is 14.3 Å². The van der Waals surface area contributed by atoms with Crippen LogP contribution in [0.3, 0.4) is 0 Å². The summed E-state index contributed by atoms with van der Waals surface area (Å²) in [6.07, 6.45) is 0.737. The highest BCUT2D eigenvalue weighted by Gasteiger charge is 2.25. The summed E-state index contributed by atoms with van der Waals surface area (Å²) in [7, 11) is 0. The minimum atomic E-state index is -0.679. The quantitative estimate of drug-likeness (QED) is 0.676. The van der Waals surface area contributed by atoms with Gasteiger partial charge in [0.1, 0.15) is 11.6 Å². The minimum Gasteiger partial charge on any atom is -0.444 e. The van der Waals surface area contributed by atoms with Crippen LogP contribution in [0.25, 0.3) is 11.3 Å². The average molecular weight is 404 g/mol. The van der Waals surface area contributed by atoms with Crippen LogP contribution in [0.1, 0.15) is 47.5 Å². The van der Waals surface area contributed by atoms with E-state index in [0.717, 1.165) is 17.7 Å². The van der Waals surface area contributed by atoms with Gasteiger partial charge in [0.2, 0.25) is 5.91 Å². The molecule has 2 amide bonds. The second-order valence-electron chi connectivity index (χ2n) is 8.06. The van der Waals surface area contributed by atoms with Crippen molar-refractivity contribution in [2.45, 2.75) is 59.1 Å². The monoisotopic (exact) mass is 403 g/mol. The van der Waals surface area contributed by atoms with E-state index in [0.29, 0.717) is 17.5 Å². The van der Waals surface area contributed by atoms with E-state index in [1.54, 1.807) is 20.8 Å². The lowest BCUT2D eigenvalue weighted by Gasteiger charge is -2.23. The van der Waals surface area contributed by atoms with Gasteiger partial charge in [-0.2, -0.15) is 0 Å². The van der Waals surface area contributed by atoms with E-state index in [4.69, 9.17) is 4.74 Å². The summed E-state index contributed by atoms with van der Waals surface area (Å²) in [5.41, 5.74) is 1.17. The standard InChI is InChI=1S/C21H29N3O3S/c1-14(2)11-12-16(23-20(26)27-21(3,4)5)18(25)24-19-22-17(13-28-19)15-9-7-6-8-10-15/h6-10,13-14,16H,11-12H2,1-5H3,(H,23,26)(H,22,24,25)/t16-/m0/s1. The molecule has 0 radical (unpaired) electrons. The Morgan fingerprint density at radius 1 is 1.14 bits per heavy atom. The molecule has 1 atom stereocenters. The third-order valence-electron chi connectivity index (χ3n) is 3.84. The maximum Gasteiger partial charge on any atom is 0.408 e. The first-order valence-corrected chi connectivity index (χ1v) is 10.3. The second kappa shape index (κ2) is 9.68. The second-order valence-corrected chi connectivity index (χ2v) is 8.92. The van der Waals surface area contributed by atoms with Gasteiger partial charge < -0.3 is 15.4 Å². The zero-order valence-electron chi connectivity index (χ0n) is 17.1. The van der Waals surface area contributed by atoms with E-state index in [1.165, 1.54) is 11.3 Å². The fourth-order valence-corrected chi connectivity index (χ4v) is 3.21. The van der Waals surface area contributed by atoms with Crippen LogP contribution in [0.5, 0.6) is 0 Å². The van der Waals surface area contributed by atoms with Crippen molar-refractivity contribution in [2.24, 2.45) is 5.92 Å². The largest absolute Gasteiger partial charge is 0.444 e. The molecule has 2 aromatic rings. The van der Waals surface area contributed by atoms with Gasteiger partial charge in [0, 0.05) is 10.9 Å². The van der Waals surface area contributed by atoms with Crippen LogP contribution in [0.4, 0.5) is 9.93 Å². The number of benzene rings is 1. The molecule has 0 aliphatic rings. The number of nitrogens with one attached hydrogen (secondary N) is 2. The van der Waals surface area contributed by atoms with E-state index in [2.05, 4.69) is 29.5 Å². The van der Waals surface area contributed by atoms with Crippen LogP contribution in [0, 0.1) is 5.92 Å². The molecule has 1 aromatic heterocycles. The van der Waals surface area contributed by atoms with Gasteiger partial charge in [0.25, 0.3) is 0 Å². The van der Waals surface area contributed by atoms with Crippen LogP contribution in [0.15, 0.2) is 35.7 Å². The molecule has 1 aromatic carbocycles. The third kappa shape index (κ3) is 7.31. The van der Waals surface area contributed by atoms with Crippen LogP contribution in [-0.4, -0.2) is 28.6 Å². The fraction of sp³-hybridized carbons (Fsp3) is 0.476. The Hall–Kier alpha value is -2.41. The number of hydrogen-bond donors (Lipinski definition) is 2. The fourth-order valence-electron chi connectivity index (χ4n) is 2.48. The molecule has 7 heteroatoms. The van der Waals surface area contributed by atoms with Crippen molar-refractivity contribution in [3.63, 3.8) is 0 Å². The normalized spacial score (nSPS) is 12.5. The Morgan fingerprint density at radius 3 is 2.43 bits per heavy atom. The molecule has 0 aliphatic heterocycles. The first-order chi connectivity index (χ1) is 13.1. The Balaban J connectivity index is 2.05. The molecule has 0 aliphatic carbocycles. The molecule has 0 saturated heterocycles. The number of nitrogens with zero attached hydrogens (tertiary/aromatic N) is 1. The van der Waals surface area contributed by atoms with Gasteiger partial charge in [0.05, 0.1) is 5.69 Å². The molecule has 0 spiro atoms. The smallest absolute Gasteiger partial charge is 0.408 e. The lowest BCUT2D eigenvalue weighted by molar-refractivity contribution is -0.118. The Kier molecular flexibility index (Phi) is 7.57. The van der Waals surface area contributed by atoms with Gasteiger partial charge in [0.15, 0.2) is 5.13 Å². The Bertz CT molecular complexity index is 782. The summed E-state index contributed by atoms with van der Waals surface area (Å²) < 4.78 is 5.29. The lowest BCUT2D eigenvalue weighted by Crippen LogP contribution is -2.45. The van der Waals surface area contributed by atoms with Gasteiger partial charge in [-0.15, -0.1) is 11.3 Å². The number of anilines is 1. The number of aromatic nitrogens is 1. The molecule has 2 N–H and O–H groups in total. The number of amides is 2. The van der Waals surface area contributed by atoms with E-state index in [1.807, 2.05) is 35.7 Å². The van der Waals surface area contributed by atoms with Gasteiger partial charge >= 0.3 is 6.09 Å². The molecule has 0 fully saturated rings. The number of thiazole rings is 1. The van der Waals surface area contributed by atoms with Crippen LogP contribution < -0.4 is 10.6 Å². The summed E-state index contributed by atoms with van der Waals surface area (Å²) in [4.78, 5) is 29.4. The van der Waals surface area contributed by atoms with Gasteiger partial charge in [-0.25, -0.2) is 9.78 Å². The summed E-state index contributed by atoms with van der Waals surface area (Å²) >= 11 is 1.36. The van der Waals surface area contributed by atoms with Crippen LogP contribution in [0.2, 0.25) is 0 Å². The van der Waals surface area contributed by atoms with E-state index >= 15 is 0 Å². The van der Waals surface area contributed by atoms with E-state index in [9.17, 15) is 9.59 Å². The highest BCUT2D eigenvalue weighted by molar-refractivity contribution is 7.14. The van der Waals surface area contributed by atoms with Crippen molar-refractivity contribution in [2.75, 3.05) is 5.32 Å². The molecule has 0 saturated carbocycles. The van der Waals surface area contributed by atoms with Gasteiger partial charge in [-0.1, -0.05) is 44.2 Å². The summed E-state index contributed by atoms with van der Waals surface area (Å²) in [5, 5.41) is 7.92. The number of carbonyl (C=O) groups is 2. The molecule has 6 nitrogen and oxygen atoms in total. The maximum atomic E-state index is 12.8. The van der Waals surface area contributed by atoms with Crippen molar-refractivity contribution in [1.29, 1.82) is 0 Å². The molecule has 0 bridgehead atoms. The van der Waals surface area contributed by atoms with Crippen molar-refractivity contribution in [3.8, 4) is 11.3 Å². The Morgan fingerprint density at radius 2 is 1.82 bits per heavy atom. The molecule has 0 unspecified atom stereocenters. The first kappa shape index (κ1) is 21.9. The molecule has 1 heterocycles. The first-order valence-electron chi connectivity index (χ1n) is 9.45. The topological polar surface area (TPSA) is 80.3 Å². The molecule has 152 valence electrons. The number of alkyl carbamates (subject to hydrolysis) is 1. The SMILES string of the molecule is CC(C)CC[C@H](NC(=O)OC(C)(C)C)C(=O)Nc1nc(-c2ccccc2)cs1. The minimum absolute atomic E-state index is 0.291. The predicted octanol–water partition coefficient (Wildman–Crippen LogP) is 5.08. The number of rotatable bonds is 7. The molecule has 2 rings (SSSR count). The van der Waals surface area contributed by atoms with Crippen molar-refractivity contribution in [1.82, 2.24) is 10.3 Å². The van der Waals surface area contributed by atoms with E-state index in [-0.39, 0.29) is 5.91 Å². The maximum absolute atomic E-state index is 12.8. The number of hydrogen-bond acceptors (Lipinski definition) is 5. The highest BCUT2D eigenvalue weighted by Crippen LogP contribution is 2.25. The third-order valence-corrected chi connectivity index (χ3v) is 4.60. The summed E-state index contributed by atoms with van der Waals surface area (Å²) in [6, 6.07) is 9.09. The molecular formula is C21H29N3O3S. The van der Waals surface area contributed by atoms with Gasteiger partial charge in [-0.05, 0) is 39.5 Å². The zero-order valence-corrected chi connectivity index (χ0v) is 17.9. The van der Waals surface area contributed by atoms with Crippen LogP contribution in [-0.2, 0) is 9.53 Å². The number of carbonyl (C=O) groups excluding carboxylic acids is 2. The molecular weight excluding hydrogens is 374 g/mol. The average Bonchev–Trinajstić information content (AvgIpc) is 3.06. The summed E-state index contributed by atoms with van der Waals surface area (Å²) in [5.74, 6) is 0.126.